The van der Waals surface area contributed by atoms with Crippen molar-refractivity contribution in [1.29, 1.82) is 0 Å². The van der Waals surface area contributed by atoms with Crippen LogP contribution in [0.4, 0.5) is 0 Å². The number of likely N-dealkylation sites (N-methyl/N-ethyl adjacent to an activating group) is 1. The van der Waals surface area contributed by atoms with Gasteiger partial charge in [0.1, 0.15) is 0 Å². The molecular weight excluding hydrogens is 528 g/mol. The summed E-state index contributed by atoms with van der Waals surface area (Å²) in [4.78, 5) is 27.1. The van der Waals surface area contributed by atoms with Crippen LogP contribution in [0.25, 0.3) is 0 Å². The van der Waals surface area contributed by atoms with Crippen LogP contribution in [0.2, 0.25) is 0 Å². The van der Waals surface area contributed by atoms with Gasteiger partial charge in [-0.3, -0.25) is 9.59 Å². The highest BCUT2D eigenvalue weighted by atomic mass is 32.2. The first-order chi connectivity index (χ1) is 19.1. The number of Topliss-reactive ketones (excluding diaryl/α,β-unsaturated/α-hetero) is 1. The molecule has 1 amide bonds. The van der Waals surface area contributed by atoms with Gasteiger partial charge in [-0.05, 0) is 48.6 Å². The molecule has 4 atom stereocenters. The lowest BCUT2D eigenvalue weighted by atomic mass is 9.91. The maximum atomic E-state index is 13.9. The fourth-order valence-corrected chi connectivity index (χ4v) is 6.45. The standard InChI is InChI=1S/C31H36N2O6S/c1-21(34)23-13-15-27(16-14-23)40(37,38)32-20-26(35)18-25(17-22-9-5-4-6-10-22)31(36)33(2)30-28-12-8-7-11-24(28)19-29(30)39-3/h4-16,25-26,29-30,32,35H,17-20H2,1-3H3/t25-,26+,29+,30+/m1/s1. The van der Waals surface area contributed by atoms with E-state index in [1.165, 1.54) is 31.2 Å². The predicted octanol–water partition coefficient (Wildman–Crippen LogP) is 3.55. The van der Waals surface area contributed by atoms with Gasteiger partial charge >= 0.3 is 0 Å². The summed E-state index contributed by atoms with van der Waals surface area (Å²) in [5.74, 6) is -0.898. The summed E-state index contributed by atoms with van der Waals surface area (Å²) in [6, 6.07) is 22.9. The summed E-state index contributed by atoms with van der Waals surface area (Å²) in [7, 11) is -0.511. The van der Waals surface area contributed by atoms with E-state index in [0.29, 0.717) is 18.4 Å². The third kappa shape index (κ3) is 6.85. The molecule has 0 spiro atoms. The van der Waals surface area contributed by atoms with E-state index in [2.05, 4.69) is 4.72 Å². The van der Waals surface area contributed by atoms with E-state index in [9.17, 15) is 23.1 Å². The minimum atomic E-state index is -3.92. The van der Waals surface area contributed by atoms with Crippen molar-refractivity contribution < 1.29 is 27.9 Å². The SMILES string of the molecule is CO[C@H]1Cc2ccccc2[C@@H]1N(C)C(=O)[C@H](Cc1ccccc1)C[C@H](O)CNS(=O)(=O)c1ccc(C(C)=O)cc1. The molecule has 0 heterocycles. The van der Waals surface area contributed by atoms with Crippen molar-refractivity contribution in [3.8, 4) is 0 Å². The molecule has 0 fully saturated rings. The molecular formula is C31H36N2O6S. The van der Waals surface area contributed by atoms with Crippen LogP contribution in [0.5, 0.6) is 0 Å². The van der Waals surface area contributed by atoms with Crippen molar-refractivity contribution in [2.45, 2.75) is 49.3 Å². The number of ether oxygens (including phenoxy) is 1. The second-order valence-electron chi connectivity index (χ2n) is 10.3. The molecule has 2 N–H and O–H groups in total. The van der Waals surface area contributed by atoms with Crippen molar-refractivity contribution in [2.24, 2.45) is 5.92 Å². The summed E-state index contributed by atoms with van der Waals surface area (Å²) >= 11 is 0. The number of aliphatic hydroxyl groups excluding tert-OH is 1. The van der Waals surface area contributed by atoms with Gasteiger partial charge < -0.3 is 14.7 Å². The Labute approximate surface area is 236 Å². The number of nitrogens with zero attached hydrogens (tertiary/aromatic N) is 1. The molecule has 8 nitrogen and oxygen atoms in total. The van der Waals surface area contributed by atoms with Crippen LogP contribution in [0.3, 0.4) is 0 Å². The van der Waals surface area contributed by atoms with Gasteiger partial charge in [-0.2, -0.15) is 0 Å². The first-order valence-corrected chi connectivity index (χ1v) is 14.8. The lowest BCUT2D eigenvalue weighted by molar-refractivity contribution is -0.140. The minimum Gasteiger partial charge on any atom is -0.392 e. The average Bonchev–Trinajstić information content (AvgIpc) is 3.34. The number of rotatable bonds is 12. The molecule has 3 aromatic rings. The predicted molar refractivity (Wildman–Crippen MR) is 152 cm³/mol. The molecule has 0 saturated heterocycles. The Balaban J connectivity index is 1.49. The number of carbonyl (C=O) groups is 2. The molecule has 0 aliphatic heterocycles. The first kappa shape index (κ1) is 29.6. The van der Waals surface area contributed by atoms with Crippen molar-refractivity contribution in [2.75, 3.05) is 20.7 Å². The highest BCUT2D eigenvalue weighted by Gasteiger charge is 2.39. The average molecular weight is 565 g/mol. The summed E-state index contributed by atoms with van der Waals surface area (Å²) in [5, 5.41) is 10.9. The Morgan fingerprint density at radius 1 is 1.02 bits per heavy atom. The van der Waals surface area contributed by atoms with Gasteiger partial charge in [0.25, 0.3) is 0 Å². The van der Waals surface area contributed by atoms with Crippen molar-refractivity contribution >= 4 is 21.7 Å². The van der Waals surface area contributed by atoms with E-state index >= 15 is 0 Å². The Bertz CT molecular complexity index is 1430. The van der Waals surface area contributed by atoms with E-state index in [-0.39, 0.29) is 41.7 Å². The Kier molecular flexibility index (Phi) is 9.52. The van der Waals surface area contributed by atoms with Gasteiger partial charge in [-0.15, -0.1) is 0 Å². The quantitative estimate of drug-likeness (QED) is 0.326. The Morgan fingerprint density at radius 2 is 1.68 bits per heavy atom. The van der Waals surface area contributed by atoms with Crippen LogP contribution in [0.1, 0.15) is 46.4 Å². The van der Waals surface area contributed by atoms with Gasteiger partial charge in [-0.25, -0.2) is 13.1 Å². The van der Waals surface area contributed by atoms with Gasteiger partial charge in [0.05, 0.1) is 23.1 Å². The molecule has 212 valence electrons. The van der Waals surface area contributed by atoms with Gasteiger partial charge in [0.15, 0.2) is 5.78 Å². The molecule has 3 aromatic carbocycles. The number of nitrogens with one attached hydrogen (secondary N) is 1. The highest BCUT2D eigenvalue weighted by molar-refractivity contribution is 7.89. The number of amides is 1. The van der Waals surface area contributed by atoms with Crippen LogP contribution in [-0.4, -0.2) is 63.0 Å². The topological polar surface area (TPSA) is 113 Å². The summed E-state index contributed by atoms with van der Waals surface area (Å²) in [6.45, 7) is 1.15. The zero-order chi connectivity index (χ0) is 28.9. The zero-order valence-corrected chi connectivity index (χ0v) is 23.8. The van der Waals surface area contributed by atoms with Gasteiger partial charge in [-0.1, -0.05) is 66.7 Å². The monoisotopic (exact) mass is 564 g/mol. The van der Waals surface area contributed by atoms with E-state index in [4.69, 9.17) is 4.74 Å². The van der Waals surface area contributed by atoms with Crippen LogP contribution < -0.4 is 4.72 Å². The smallest absolute Gasteiger partial charge is 0.240 e. The molecule has 0 saturated carbocycles. The van der Waals surface area contributed by atoms with E-state index in [0.717, 1.165) is 16.7 Å². The molecule has 4 rings (SSSR count). The second kappa shape index (κ2) is 12.9. The summed E-state index contributed by atoms with van der Waals surface area (Å²) in [5.41, 5.74) is 3.55. The third-order valence-electron chi connectivity index (χ3n) is 7.53. The fraction of sp³-hybridized carbons (Fsp3) is 0.355. The molecule has 1 aliphatic rings. The number of ketones is 1. The second-order valence-corrected chi connectivity index (χ2v) is 12.0. The summed E-state index contributed by atoms with van der Waals surface area (Å²) in [6.07, 6.45) is -0.125. The largest absolute Gasteiger partial charge is 0.392 e. The van der Waals surface area contributed by atoms with Crippen LogP contribution in [-0.2, 0) is 32.4 Å². The molecule has 40 heavy (non-hydrogen) atoms. The number of aliphatic hydroxyl groups is 1. The number of carbonyl (C=O) groups excluding carboxylic acids is 2. The first-order valence-electron chi connectivity index (χ1n) is 13.3. The van der Waals surface area contributed by atoms with Crippen molar-refractivity contribution in [1.82, 2.24) is 9.62 Å². The molecule has 9 heteroatoms. The minimum absolute atomic E-state index is 0.00754. The van der Waals surface area contributed by atoms with Crippen molar-refractivity contribution in [3.63, 3.8) is 0 Å². The molecule has 1 aliphatic carbocycles. The number of hydrogen-bond acceptors (Lipinski definition) is 6. The van der Waals surface area contributed by atoms with Crippen LogP contribution in [0.15, 0.2) is 83.8 Å². The third-order valence-corrected chi connectivity index (χ3v) is 8.96. The van der Waals surface area contributed by atoms with E-state index in [1.54, 1.807) is 19.1 Å². The van der Waals surface area contributed by atoms with Gasteiger partial charge in [0.2, 0.25) is 15.9 Å². The number of hydrogen-bond donors (Lipinski definition) is 2. The van der Waals surface area contributed by atoms with Gasteiger partial charge in [0, 0.05) is 38.6 Å². The van der Waals surface area contributed by atoms with Crippen LogP contribution in [0, 0.1) is 5.92 Å². The number of fused-ring (bicyclic) bond motifs is 1. The van der Waals surface area contributed by atoms with E-state index < -0.39 is 22.0 Å². The molecule has 0 unspecified atom stereocenters. The maximum Gasteiger partial charge on any atom is 0.240 e. The van der Waals surface area contributed by atoms with Crippen molar-refractivity contribution in [3.05, 3.63) is 101 Å². The van der Waals surface area contributed by atoms with Crippen LogP contribution >= 0.6 is 0 Å². The molecule has 0 radical (unpaired) electrons. The number of sulfonamides is 1. The summed E-state index contributed by atoms with van der Waals surface area (Å²) < 4.78 is 33.8. The number of benzene rings is 3. The zero-order valence-electron chi connectivity index (χ0n) is 23.0. The highest BCUT2D eigenvalue weighted by Crippen LogP contribution is 2.38. The normalized spacial score (nSPS) is 18.1. The van der Waals surface area contributed by atoms with E-state index in [1.807, 2.05) is 54.6 Å². The number of methoxy groups -OCH3 is 1. The lowest BCUT2D eigenvalue weighted by Crippen LogP contribution is -2.42. The fourth-order valence-electron chi connectivity index (χ4n) is 5.37. The molecule has 0 aromatic heterocycles. The Hall–Kier alpha value is -3.37. The maximum absolute atomic E-state index is 13.9. The lowest BCUT2D eigenvalue weighted by Gasteiger charge is -2.33. The Morgan fingerprint density at radius 3 is 2.33 bits per heavy atom. The molecule has 0 bridgehead atoms.